The summed E-state index contributed by atoms with van der Waals surface area (Å²) in [6.45, 7) is 0.379. The number of ether oxygens (including phenoxy) is 2. The van der Waals surface area contributed by atoms with Crippen molar-refractivity contribution in [1.82, 2.24) is 0 Å². The highest BCUT2D eigenvalue weighted by molar-refractivity contribution is 4.84. The summed E-state index contributed by atoms with van der Waals surface area (Å²) in [6, 6.07) is -0.474. The molecule has 5 nitrogen and oxygen atoms in total. The second kappa shape index (κ2) is 4.15. The molecule has 0 aromatic rings. The van der Waals surface area contributed by atoms with Crippen LogP contribution in [0.1, 0.15) is 6.42 Å². The van der Waals surface area contributed by atoms with Gasteiger partial charge in [0.2, 0.25) is 0 Å². The molecule has 12 heavy (non-hydrogen) atoms. The smallest absolute Gasteiger partial charge is 0.175 e. The van der Waals surface area contributed by atoms with Crippen LogP contribution in [0, 0.1) is 0 Å². The molecule has 72 valence electrons. The van der Waals surface area contributed by atoms with E-state index in [0.717, 1.165) is 0 Å². The summed E-state index contributed by atoms with van der Waals surface area (Å²) in [5, 5.41) is 9.44. The van der Waals surface area contributed by atoms with Crippen LogP contribution >= 0.6 is 0 Å². The van der Waals surface area contributed by atoms with Crippen molar-refractivity contribution in [1.29, 1.82) is 0 Å². The second-order valence-corrected chi connectivity index (χ2v) is 2.98. The molecule has 0 amide bonds. The maximum Gasteiger partial charge on any atom is 0.175 e. The Morgan fingerprint density at radius 1 is 1.67 bits per heavy atom. The first-order chi connectivity index (χ1) is 5.69. The average Bonchev–Trinajstić information content (AvgIpc) is 2.09. The molecule has 1 fully saturated rings. The van der Waals surface area contributed by atoms with Gasteiger partial charge in [-0.25, -0.2) is 0 Å². The fourth-order valence-corrected chi connectivity index (χ4v) is 1.31. The van der Waals surface area contributed by atoms with Gasteiger partial charge in [0.1, 0.15) is 0 Å². The molecule has 1 saturated heterocycles. The predicted molar refractivity (Wildman–Crippen MR) is 43.3 cm³/mol. The van der Waals surface area contributed by atoms with Crippen molar-refractivity contribution in [3.8, 4) is 0 Å². The molecule has 5 N–H and O–H groups in total. The zero-order valence-corrected chi connectivity index (χ0v) is 7.14. The van der Waals surface area contributed by atoms with Gasteiger partial charge in [-0.2, -0.15) is 0 Å². The SMILES string of the molecule is CO[C@H]1O[C@H](CN)C[C@@H](O)[C@H]1N. The number of nitrogens with two attached hydrogens (primary N) is 2. The Hall–Kier alpha value is -0.200. The van der Waals surface area contributed by atoms with Gasteiger partial charge in [-0.3, -0.25) is 0 Å². The number of hydrogen-bond acceptors (Lipinski definition) is 5. The van der Waals surface area contributed by atoms with Crippen molar-refractivity contribution in [3.05, 3.63) is 0 Å². The number of methoxy groups -OCH3 is 1. The third kappa shape index (κ3) is 1.94. The number of aliphatic hydroxyl groups excluding tert-OH is 1. The van der Waals surface area contributed by atoms with E-state index in [4.69, 9.17) is 20.9 Å². The minimum atomic E-state index is -0.586. The maximum absolute atomic E-state index is 9.44. The quantitative estimate of drug-likeness (QED) is 0.471. The van der Waals surface area contributed by atoms with E-state index in [2.05, 4.69) is 0 Å². The minimum Gasteiger partial charge on any atom is -0.391 e. The van der Waals surface area contributed by atoms with E-state index in [1.54, 1.807) is 0 Å². The van der Waals surface area contributed by atoms with Gasteiger partial charge in [-0.1, -0.05) is 0 Å². The molecule has 0 aromatic heterocycles. The zero-order valence-electron chi connectivity index (χ0n) is 7.14. The second-order valence-electron chi connectivity index (χ2n) is 2.98. The highest BCUT2D eigenvalue weighted by Gasteiger charge is 2.34. The van der Waals surface area contributed by atoms with Crippen LogP contribution in [-0.4, -0.2) is 43.3 Å². The lowest BCUT2D eigenvalue weighted by molar-refractivity contribution is -0.211. The summed E-state index contributed by atoms with van der Waals surface area (Å²) >= 11 is 0. The summed E-state index contributed by atoms with van der Waals surface area (Å²) in [5.41, 5.74) is 11.0. The Morgan fingerprint density at radius 2 is 2.33 bits per heavy atom. The molecule has 1 aliphatic rings. The Morgan fingerprint density at radius 3 is 2.83 bits per heavy atom. The highest BCUT2D eigenvalue weighted by Crippen LogP contribution is 2.18. The van der Waals surface area contributed by atoms with E-state index < -0.39 is 18.4 Å². The summed E-state index contributed by atoms with van der Waals surface area (Å²) < 4.78 is 10.3. The average molecular weight is 176 g/mol. The van der Waals surface area contributed by atoms with Crippen LogP contribution in [0.25, 0.3) is 0 Å². The van der Waals surface area contributed by atoms with Crippen LogP contribution in [0.2, 0.25) is 0 Å². The standard InChI is InChI=1S/C7H16N2O3/c1-11-7-6(9)5(10)2-4(3-8)12-7/h4-7,10H,2-3,8-9H2,1H3/t4-,5+,6+,7-/m0/s1. The number of hydrogen-bond donors (Lipinski definition) is 3. The summed E-state index contributed by atoms with van der Waals surface area (Å²) in [4.78, 5) is 0. The van der Waals surface area contributed by atoms with Crippen LogP contribution in [0.15, 0.2) is 0 Å². The molecule has 5 heteroatoms. The molecule has 0 saturated carbocycles. The van der Waals surface area contributed by atoms with Gasteiger partial charge in [0.15, 0.2) is 6.29 Å². The number of aliphatic hydroxyl groups is 1. The van der Waals surface area contributed by atoms with E-state index in [1.807, 2.05) is 0 Å². The highest BCUT2D eigenvalue weighted by atomic mass is 16.7. The molecule has 1 aliphatic heterocycles. The van der Waals surface area contributed by atoms with Gasteiger partial charge < -0.3 is 26.0 Å². The molecule has 1 heterocycles. The van der Waals surface area contributed by atoms with Crippen molar-refractivity contribution < 1.29 is 14.6 Å². The molecule has 0 aromatic carbocycles. The third-order valence-electron chi connectivity index (χ3n) is 2.08. The Kier molecular flexibility index (Phi) is 3.42. The van der Waals surface area contributed by atoms with E-state index in [1.165, 1.54) is 7.11 Å². The van der Waals surface area contributed by atoms with Crippen molar-refractivity contribution in [3.63, 3.8) is 0 Å². The predicted octanol–water partition coefficient (Wildman–Crippen LogP) is -1.61. The van der Waals surface area contributed by atoms with Crippen LogP contribution < -0.4 is 11.5 Å². The molecule has 4 atom stereocenters. The van der Waals surface area contributed by atoms with Crippen molar-refractivity contribution in [2.24, 2.45) is 11.5 Å². The van der Waals surface area contributed by atoms with E-state index in [0.29, 0.717) is 13.0 Å². The normalized spacial score (nSPS) is 43.0. The molecular weight excluding hydrogens is 160 g/mol. The molecule has 0 aliphatic carbocycles. The van der Waals surface area contributed by atoms with Crippen LogP contribution in [0.5, 0.6) is 0 Å². The molecule has 0 spiro atoms. The van der Waals surface area contributed by atoms with E-state index in [-0.39, 0.29) is 6.10 Å². The molecular formula is C7H16N2O3. The Labute approximate surface area is 71.6 Å². The number of rotatable bonds is 2. The third-order valence-corrected chi connectivity index (χ3v) is 2.08. The largest absolute Gasteiger partial charge is 0.391 e. The maximum atomic E-state index is 9.44. The van der Waals surface area contributed by atoms with Gasteiger partial charge in [-0.05, 0) is 0 Å². The topological polar surface area (TPSA) is 90.7 Å². The lowest BCUT2D eigenvalue weighted by Gasteiger charge is -2.36. The van der Waals surface area contributed by atoms with Crippen LogP contribution in [0.4, 0.5) is 0 Å². The van der Waals surface area contributed by atoms with Gasteiger partial charge in [0.05, 0.1) is 18.2 Å². The lowest BCUT2D eigenvalue weighted by Crippen LogP contribution is -2.55. The first kappa shape index (κ1) is 9.88. The fraction of sp³-hybridized carbons (Fsp3) is 1.00. The van der Waals surface area contributed by atoms with Crippen molar-refractivity contribution in [2.45, 2.75) is 31.0 Å². The fourth-order valence-electron chi connectivity index (χ4n) is 1.31. The van der Waals surface area contributed by atoms with Crippen LogP contribution in [-0.2, 0) is 9.47 Å². The summed E-state index contributed by atoms with van der Waals surface area (Å²) in [6.07, 6.45) is -0.790. The van der Waals surface area contributed by atoms with E-state index in [9.17, 15) is 5.11 Å². The van der Waals surface area contributed by atoms with Crippen molar-refractivity contribution >= 4 is 0 Å². The Balaban J connectivity index is 2.52. The summed E-state index contributed by atoms with van der Waals surface area (Å²) in [7, 11) is 1.50. The van der Waals surface area contributed by atoms with Gasteiger partial charge >= 0.3 is 0 Å². The zero-order chi connectivity index (χ0) is 9.14. The first-order valence-electron chi connectivity index (χ1n) is 4.01. The van der Waals surface area contributed by atoms with Gasteiger partial charge in [-0.15, -0.1) is 0 Å². The van der Waals surface area contributed by atoms with Crippen molar-refractivity contribution in [2.75, 3.05) is 13.7 Å². The van der Waals surface area contributed by atoms with Crippen LogP contribution in [0.3, 0.4) is 0 Å². The summed E-state index contributed by atoms with van der Waals surface area (Å²) in [5.74, 6) is 0. The van der Waals surface area contributed by atoms with E-state index >= 15 is 0 Å². The molecule has 0 bridgehead atoms. The monoisotopic (exact) mass is 176 g/mol. The molecule has 0 unspecified atom stereocenters. The van der Waals surface area contributed by atoms with Gasteiger partial charge in [0, 0.05) is 20.1 Å². The molecule has 0 radical (unpaired) electrons. The molecule has 1 rings (SSSR count). The first-order valence-corrected chi connectivity index (χ1v) is 4.01. The lowest BCUT2D eigenvalue weighted by atomic mass is 10.0. The minimum absolute atomic E-state index is 0.148. The Bertz CT molecular complexity index is 145. The van der Waals surface area contributed by atoms with Gasteiger partial charge in [0.25, 0.3) is 0 Å².